The van der Waals surface area contributed by atoms with Crippen LogP contribution in [-0.2, 0) is 14.3 Å². The van der Waals surface area contributed by atoms with Gasteiger partial charge in [0.2, 0.25) is 0 Å². The molecule has 0 aromatic heterocycles. The Kier molecular flexibility index (Phi) is 6.74. The van der Waals surface area contributed by atoms with Crippen molar-refractivity contribution in [2.75, 3.05) is 25.6 Å². The maximum atomic E-state index is 11.8. The summed E-state index contributed by atoms with van der Waals surface area (Å²) in [5.41, 5.74) is 6.25. The predicted octanol–water partition coefficient (Wildman–Crippen LogP) is 2.01. The van der Waals surface area contributed by atoms with Crippen LogP contribution in [0.25, 0.3) is 0 Å². The van der Waals surface area contributed by atoms with E-state index in [9.17, 15) is 4.79 Å². The van der Waals surface area contributed by atoms with E-state index < -0.39 is 6.10 Å². The number of nitrogen functional groups attached to an aromatic ring is 1. The van der Waals surface area contributed by atoms with Crippen LogP contribution in [0.4, 0.5) is 5.69 Å². The van der Waals surface area contributed by atoms with Crippen molar-refractivity contribution in [3.05, 3.63) is 24.3 Å². The van der Waals surface area contributed by atoms with Crippen LogP contribution in [0.5, 0.6) is 5.75 Å². The summed E-state index contributed by atoms with van der Waals surface area (Å²) in [7, 11) is 0. The summed E-state index contributed by atoms with van der Waals surface area (Å²) in [6, 6.07) is 6.97. The van der Waals surface area contributed by atoms with Gasteiger partial charge in [-0.15, -0.1) is 0 Å². The maximum absolute atomic E-state index is 11.8. The van der Waals surface area contributed by atoms with Crippen LogP contribution in [0.2, 0.25) is 0 Å². The zero-order valence-electron chi connectivity index (χ0n) is 11.4. The van der Waals surface area contributed by atoms with Crippen molar-refractivity contribution in [2.45, 2.75) is 26.4 Å². The molecule has 106 valence electrons. The van der Waals surface area contributed by atoms with Crippen molar-refractivity contribution in [1.29, 1.82) is 0 Å². The zero-order chi connectivity index (χ0) is 14.1. The van der Waals surface area contributed by atoms with Crippen LogP contribution in [0.1, 0.15) is 20.3 Å². The molecule has 1 unspecified atom stereocenters. The number of anilines is 1. The highest BCUT2D eigenvalue weighted by Gasteiger charge is 2.19. The Balaban J connectivity index is 2.46. The predicted molar refractivity (Wildman–Crippen MR) is 73.0 cm³/mol. The van der Waals surface area contributed by atoms with E-state index in [4.69, 9.17) is 19.9 Å². The van der Waals surface area contributed by atoms with Crippen molar-refractivity contribution in [2.24, 2.45) is 0 Å². The van der Waals surface area contributed by atoms with Gasteiger partial charge in [0.15, 0.2) is 6.10 Å². The molecule has 1 aromatic rings. The minimum Gasteiger partial charge on any atom is -0.479 e. The highest BCUT2D eigenvalue weighted by atomic mass is 16.6. The third-order valence-corrected chi connectivity index (χ3v) is 2.45. The molecule has 0 amide bonds. The number of carbonyl (C=O) groups is 1. The number of benzene rings is 1. The molecular weight excluding hydrogens is 246 g/mol. The monoisotopic (exact) mass is 267 g/mol. The zero-order valence-corrected chi connectivity index (χ0v) is 11.4. The molecule has 0 saturated heterocycles. The number of hydrogen-bond acceptors (Lipinski definition) is 5. The Morgan fingerprint density at radius 3 is 2.74 bits per heavy atom. The van der Waals surface area contributed by atoms with Crippen molar-refractivity contribution in [3.8, 4) is 5.75 Å². The summed E-state index contributed by atoms with van der Waals surface area (Å²) in [5.74, 6) is 0.179. The average Bonchev–Trinajstić information content (AvgIpc) is 2.41. The fraction of sp³-hybridized carbons (Fsp3) is 0.500. The number of rotatable bonds is 8. The van der Waals surface area contributed by atoms with Crippen molar-refractivity contribution in [3.63, 3.8) is 0 Å². The van der Waals surface area contributed by atoms with Gasteiger partial charge in [-0.2, -0.15) is 0 Å². The van der Waals surface area contributed by atoms with Gasteiger partial charge in [-0.25, -0.2) is 4.79 Å². The molecule has 5 heteroatoms. The van der Waals surface area contributed by atoms with Gasteiger partial charge in [0.1, 0.15) is 12.4 Å². The van der Waals surface area contributed by atoms with Crippen LogP contribution in [0.15, 0.2) is 24.3 Å². The van der Waals surface area contributed by atoms with Gasteiger partial charge in [0, 0.05) is 18.4 Å². The maximum Gasteiger partial charge on any atom is 0.347 e. The van der Waals surface area contributed by atoms with Gasteiger partial charge in [0.05, 0.1) is 6.61 Å². The molecule has 0 fully saturated rings. The summed E-state index contributed by atoms with van der Waals surface area (Å²) < 4.78 is 15.7. The third kappa shape index (κ3) is 5.61. The van der Waals surface area contributed by atoms with Crippen LogP contribution >= 0.6 is 0 Å². The summed E-state index contributed by atoms with van der Waals surface area (Å²) in [5, 5.41) is 0. The normalized spacial score (nSPS) is 11.9. The Morgan fingerprint density at radius 2 is 2.11 bits per heavy atom. The lowest BCUT2D eigenvalue weighted by molar-refractivity contribution is -0.153. The van der Waals surface area contributed by atoms with Crippen LogP contribution in [0.3, 0.4) is 0 Å². The van der Waals surface area contributed by atoms with Crippen molar-refractivity contribution in [1.82, 2.24) is 0 Å². The van der Waals surface area contributed by atoms with E-state index >= 15 is 0 Å². The van der Waals surface area contributed by atoms with Gasteiger partial charge < -0.3 is 19.9 Å². The molecule has 0 heterocycles. The van der Waals surface area contributed by atoms with E-state index in [-0.39, 0.29) is 12.6 Å². The van der Waals surface area contributed by atoms with Crippen LogP contribution in [0, 0.1) is 0 Å². The molecule has 5 nitrogen and oxygen atoms in total. The number of nitrogens with two attached hydrogens (primary N) is 1. The first-order chi connectivity index (χ1) is 9.17. The molecule has 0 bridgehead atoms. The molecule has 19 heavy (non-hydrogen) atoms. The molecule has 0 saturated carbocycles. The average molecular weight is 267 g/mol. The van der Waals surface area contributed by atoms with Crippen LogP contribution in [-0.4, -0.2) is 31.9 Å². The van der Waals surface area contributed by atoms with Crippen molar-refractivity contribution < 1.29 is 19.0 Å². The quantitative estimate of drug-likeness (QED) is 0.443. The Bertz CT molecular complexity index is 395. The number of carbonyl (C=O) groups excluding carboxylic acids is 1. The van der Waals surface area contributed by atoms with Gasteiger partial charge in [-0.1, -0.05) is 13.0 Å². The van der Waals surface area contributed by atoms with E-state index in [1.807, 2.05) is 13.8 Å². The smallest absolute Gasteiger partial charge is 0.347 e. The second-order valence-corrected chi connectivity index (χ2v) is 3.95. The summed E-state index contributed by atoms with van der Waals surface area (Å²) in [4.78, 5) is 11.8. The second-order valence-electron chi connectivity index (χ2n) is 3.95. The minimum absolute atomic E-state index is 0.240. The number of hydrogen-bond donors (Lipinski definition) is 1. The first-order valence-corrected chi connectivity index (χ1v) is 6.44. The van der Waals surface area contributed by atoms with Gasteiger partial charge in [0.25, 0.3) is 0 Å². The number of ether oxygens (including phenoxy) is 3. The van der Waals surface area contributed by atoms with Crippen molar-refractivity contribution >= 4 is 11.7 Å². The standard InChI is InChI=1S/C14H21NO4/c1-3-13(14(16)18-9-8-17-4-2)19-12-7-5-6-11(15)10-12/h5-7,10,13H,3-4,8-9,15H2,1-2H3. The van der Waals surface area contributed by atoms with Crippen LogP contribution < -0.4 is 10.5 Å². The molecule has 1 rings (SSSR count). The molecule has 0 aliphatic heterocycles. The molecule has 1 atom stereocenters. The number of esters is 1. The lowest BCUT2D eigenvalue weighted by atomic mass is 10.2. The lowest BCUT2D eigenvalue weighted by Crippen LogP contribution is -2.29. The summed E-state index contributed by atoms with van der Waals surface area (Å²) >= 11 is 0. The fourth-order valence-corrected chi connectivity index (χ4v) is 1.49. The lowest BCUT2D eigenvalue weighted by Gasteiger charge is -2.16. The van der Waals surface area contributed by atoms with E-state index in [1.54, 1.807) is 24.3 Å². The van der Waals surface area contributed by atoms with Gasteiger partial charge in [-0.3, -0.25) is 0 Å². The van der Waals surface area contributed by atoms with E-state index in [2.05, 4.69) is 0 Å². The molecule has 1 aromatic carbocycles. The molecule has 0 aliphatic carbocycles. The van der Waals surface area contributed by atoms with Gasteiger partial charge >= 0.3 is 5.97 Å². The second kappa shape index (κ2) is 8.37. The Hall–Kier alpha value is -1.75. The minimum atomic E-state index is -0.622. The molecular formula is C14H21NO4. The SMILES string of the molecule is CCOCCOC(=O)C(CC)Oc1cccc(N)c1. The molecule has 2 N–H and O–H groups in total. The fourth-order valence-electron chi connectivity index (χ4n) is 1.49. The highest BCUT2D eigenvalue weighted by Crippen LogP contribution is 2.17. The highest BCUT2D eigenvalue weighted by molar-refractivity contribution is 5.75. The first-order valence-electron chi connectivity index (χ1n) is 6.44. The Morgan fingerprint density at radius 1 is 1.32 bits per heavy atom. The van der Waals surface area contributed by atoms with E-state index in [0.29, 0.717) is 31.1 Å². The van der Waals surface area contributed by atoms with E-state index in [0.717, 1.165) is 0 Å². The van der Waals surface area contributed by atoms with Gasteiger partial charge in [-0.05, 0) is 25.5 Å². The summed E-state index contributed by atoms with van der Waals surface area (Å²) in [6.45, 7) is 5.00. The third-order valence-electron chi connectivity index (χ3n) is 2.45. The first kappa shape index (κ1) is 15.3. The topological polar surface area (TPSA) is 70.8 Å². The van der Waals surface area contributed by atoms with E-state index in [1.165, 1.54) is 0 Å². The Labute approximate surface area is 113 Å². The summed E-state index contributed by atoms with van der Waals surface area (Å²) in [6.07, 6.45) is -0.0918. The molecule has 0 aliphatic rings. The molecule has 0 spiro atoms. The largest absolute Gasteiger partial charge is 0.479 e. The molecule has 0 radical (unpaired) electrons.